The zero-order chi connectivity index (χ0) is 19.2. The fourth-order valence-corrected chi connectivity index (χ4v) is 3.86. The van der Waals surface area contributed by atoms with Crippen molar-refractivity contribution in [2.75, 3.05) is 5.75 Å². The molecule has 0 aliphatic rings. The average molecular weight is 380 g/mol. The summed E-state index contributed by atoms with van der Waals surface area (Å²) in [6, 6.07) is 20.2. The standard InChI is InChI=1S/C22H25N3OS/c1-16(15-27-20-12-8-5-9-13-20)22(26)23-14-21-17(2)24-25(18(21)3)19-10-6-4-7-11-19/h4-13,16H,14-15H2,1-3H3,(H,23,26). The van der Waals surface area contributed by atoms with Crippen LogP contribution >= 0.6 is 11.8 Å². The molecule has 3 aromatic rings. The normalized spacial score (nSPS) is 12.0. The topological polar surface area (TPSA) is 46.9 Å². The first-order chi connectivity index (χ1) is 13.1. The monoisotopic (exact) mass is 379 g/mol. The Kier molecular flexibility index (Phi) is 6.35. The molecule has 3 rings (SSSR count). The van der Waals surface area contributed by atoms with Crippen molar-refractivity contribution in [1.82, 2.24) is 15.1 Å². The lowest BCUT2D eigenvalue weighted by Crippen LogP contribution is -2.30. The fourth-order valence-electron chi connectivity index (χ4n) is 2.91. The minimum Gasteiger partial charge on any atom is -0.352 e. The Hall–Kier alpha value is -2.53. The van der Waals surface area contributed by atoms with Crippen molar-refractivity contribution in [3.05, 3.63) is 77.6 Å². The molecule has 0 aliphatic carbocycles. The van der Waals surface area contributed by atoms with Gasteiger partial charge in [-0.05, 0) is 38.1 Å². The van der Waals surface area contributed by atoms with E-state index in [-0.39, 0.29) is 11.8 Å². The fraction of sp³-hybridized carbons (Fsp3) is 0.273. The number of amides is 1. The number of benzene rings is 2. The van der Waals surface area contributed by atoms with Gasteiger partial charge in [0.2, 0.25) is 5.91 Å². The van der Waals surface area contributed by atoms with Gasteiger partial charge in [-0.3, -0.25) is 4.79 Å². The van der Waals surface area contributed by atoms with Gasteiger partial charge in [0, 0.05) is 34.4 Å². The maximum Gasteiger partial charge on any atom is 0.223 e. The maximum absolute atomic E-state index is 12.5. The second-order valence-corrected chi connectivity index (χ2v) is 7.73. The molecule has 0 spiro atoms. The summed E-state index contributed by atoms with van der Waals surface area (Å²) < 4.78 is 1.94. The molecule has 0 aliphatic heterocycles. The molecule has 0 bridgehead atoms. The van der Waals surface area contributed by atoms with Crippen molar-refractivity contribution in [2.24, 2.45) is 5.92 Å². The Bertz CT molecular complexity index is 891. The van der Waals surface area contributed by atoms with Crippen LogP contribution in [0.2, 0.25) is 0 Å². The van der Waals surface area contributed by atoms with Crippen LogP contribution in [-0.2, 0) is 11.3 Å². The molecule has 0 radical (unpaired) electrons. The summed E-state index contributed by atoms with van der Waals surface area (Å²) in [5, 5.41) is 7.72. The van der Waals surface area contributed by atoms with E-state index in [1.807, 2.05) is 74.0 Å². The number of para-hydroxylation sites is 1. The molecule has 1 amide bonds. The number of thioether (sulfide) groups is 1. The summed E-state index contributed by atoms with van der Waals surface area (Å²) in [7, 11) is 0. The van der Waals surface area contributed by atoms with Crippen LogP contribution < -0.4 is 5.32 Å². The lowest BCUT2D eigenvalue weighted by molar-refractivity contribution is -0.124. The van der Waals surface area contributed by atoms with Crippen molar-refractivity contribution >= 4 is 17.7 Å². The third-order valence-corrected chi connectivity index (χ3v) is 5.84. The van der Waals surface area contributed by atoms with Gasteiger partial charge in [0.1, 0.15) is 0 Å². The van der Waals surface area contributed by atoms with Crippen LogP contribution in [0.25, 0.3) is 5.69 Å². The number of nitrogens with zero attached hydrogens (tertiary/aromatic N) is 2. The molecule has 1 aromatic heterocycles. The highest BCUT2D eigenvalue weighted by molar-refractivity contribution is 7.99. The van der Waals surface area contributed by atoms with E-state index in [0.29, 0.717) is 6.54 Å². The highest BCUT2D eigenvalue weighted by Crippen LogP contribution is 2.21. The van der Waals surface area contributed by atoms with Crippen molar-refractivity contribution < 1.29 is 4.79 Å². The predicted molar refractivity (Wildman–Crippen MR) is 111 cm³/mol. The van der Waals surface area contributed by atoms with Crippen LogP contribution in [0.3, 0.4) is 0 Å². The summed E-state index contributed by atoms with van der Waals surface area (Å²) in [6.45, 7) is 6.51. The van der Waals surface area contributed by atoms with E-state index >= 15 is 0 Å². The molecule has 0 saturated carbocycles. The average Bonchev–Trinajstić information content (AvgIpc) is 2.99. The largest absolute Gasteiger partial charge is 0.352 e. The van der Waals surface area contributed by atoms with Gasteiger partial charge in [0.25, 0.3) is 0 Å². The number of aromatic nitrogens is 2. The summed E-state index contributed by atoms with van der Waals surface area (Å²) in [4.78, 5) is 13.7. The van der Waals surface area contributed by atoms with E-state index in [1.54, 1.807) is 11.8 Å². The Labute approximate surface area is 165 Å². The Morgan fingerprint density at radius 1 is 1.07 bits per heavy atom. The van der Waals surface area contributed by atoms with Gasteiger partial charge in [-0.15, -0.1) is 11.8 Å². The molecule has 5 heteroatoms. The van der Waals surface area contributed by atoms with Crippen LogP contribution in [-0.4, -0.2) is 21.4 Å². The van der Waals surface area contributed by atoms with Gasteiger partial charge >= 0.3 is 0 Å². The van der Waals surface area contributed by atoms with Gasteiger partial charge in [0.05, 0.1) is 11.4 Å². The molecule has 27 heavy (non-hydrogen) atoms. The number of hydrogen-bond acceptors (Lipinski definition) is 3. The second-order valence-electron chi connectivity index (χ2n) is 6.64. The van der Waals surface area contributed by atoms with E-state index < -0.39 is 0 Å². The number of rotatable bonds is 7. The lowest BCUT2D eigenvalue weighted by Gasteiger charge is -2.12. The number of nitrogens with one attached hydrogen (secondary N) is 1. The molecule has 1 heterocycles. The second kappa shape index (κ2) is 8.91. The smallest absolute Gasteiger partial charge is 0.223 e. The molecule has 0 fully saturated rings. The van der Waals surface area contributed by atoms with Gasteiger partial charge in [-0.1, -0.05) is 43.3 Å². The van der Waals surface area contributed by atoms with E-state index in [2.05, 4.69) is 22.5 Å². The Balaban J connectivity index is 1.59. The third kappa shape index (κ3) is 4.80. The molecular formula is C22H25N3OS. The lowest BCUT2D eigenvalue weighted by atomic mass is 10.1. The minimum absolute atomic E-state index is 0.0556. The SMILES string of the molecule is Cc1nn(-c2ccccc2)c(C)c1CNC(=O)C(C)CSc1ccccc1. The van der Waals surface area contributed by atoms with Gasteiger partial charge in [0.15, 0.2) is 0 Å². The van der Waals surface area contributed by atoms with Gasteiger partial charge in [-0.2, -0.15) is 5.10 Å². The number of hydrogen-bond donors (Lipinski definition) is 1. The molecule has 2 aromatic carbocycles. The molecule has 0 saturated heterocycles. The molecule has 1 unspecified atom stereocenters. The van der Waals surface area contributed by atoms with E-state index in [0.717, 1.165) is 28.4 Å². The van der Waals surface area contributed by atoms with Gasteiger partial charge in [-0.25, -0.2) is 4.68 Å². The summed E-state index contributed by atoms with van der Waals surface area (Å²) >= 11 is 1.71. The van der Waals surface area contributed by atoms with Crippen LogP contribution in [0.15, 0.2) is 65.6 Å². The van der Waals surface area contributed by atoms with Crippen LogP contribution in [0.5, 0.6) is 0 Å². The molecule has 4 nitrogen and oxygen atoms in total. The summed E-state index contributed by atoms with van der Waals surface area (Å²) in [6.07, 6.45) is 0. The van der Waals surface area contributed by atoms with E-state index in [4.69, 9.17) is 0 Å². The first-order valence-corrected chi connectivity index (χ1v) is 10.1. The zero-order valence-electron chi connectivity index (χ0n) is 16.0. The van der Waals surface area contributed by atoms with Crippen LogP contribution in [0, 0.1) is 19.8 Å². The first kappa shape index (κ1) is 19.2. The number of carbonyl (C=O) groups is 1. The van der Waals surface area contributed by atoms with E-state index in [9.17, 15) is 4.79 Å². The van der Waals surface area contributed by atoms with Crippen LogP contribution in [0.1, 0.15) is 23.9 Å². The van der Waals surface area contributed by atoms with Crippen molar-refractivity contribution in [3.8, 4) is 5.69 Å². The Morgan fingerprint density at radius 3 is 2.37 bits per heavy atom. The third-order valence-electron chi connectivity index (χ3n) is 4.57. The highest BCUT2D eigenvalue weighted by Gasteiger charge is 2.16. The first-order valence-electron chi connectivity index (χ1n) is 9.12. The van der Waals surface area contributed by atoms with E-state index in [1.165, 1.54) is 4.90 Å². The van der Waals surface area contributed by atoms with Crippen molar-refractivity contribution in [3.63, 3.8) is 0 Å². The van der Waals surface area contributed by atoms with Gasteiger partial charge < -0.3 is 5.32 Å². The molecule has 1 N–H and O–H groups in total. The van der Waals surface area contributed by atoms with Crippen LogP contribution in [0.4, 0.5) is 0 Å². The number of aryl methyl sites for hydroxylation is 1. The maximum atomic E-state index is 12.5. The molecular weight excluding hydrogens is 354 g/mol. The summed E-state index contributed by atoms with van der Waals surface area (Å²) in [5.74, 6) is 0.779. The minimum atomic E-state index is -0.0556. The number of carbonyl (C=O) groups excluding carboxylic acids is 1. The van der Waals surface area contributed by atoms with Crippen molar-refractivity contribution in [1.29, 1.82) is 0 Å². The highest BCUT2D eigenvalue weighted by atomic mass is 32.2. The predicted octanol–water partition coefficient (Wildman–Crippen LogP) is 4.53. The quantitative estimate of drug-likeness (QED) is 0.613. The van der Waals surface area contributed by atoms with Crippen molar-refractivity contribution in [2.45, 2.75) is 32.2 Å². The zero-order valence-corrected chi connectivity index (χ0v) is 16.8. The summed E-state index contributed by atoms with van der Waals surface area (Å²) in [5.41, 5.74) is 4.12. The Morgan fingerprint density at radius 2 is 1.70 bits per heavy atom. The molecule has 140 valence electrons. The molecule has 1 atom stereocenters.